The van der Waals surface area contributed by atoms with Gasteiger partial charge in [0, 0.05) is 19.4 Å². The van der Waals surface area contributed by atoms with Gasteiger partial charge in [0.2, 0.25) is 5.91 Å². The predicted molar refractivity (Wildman–Crippen MR) is 78.1 cm³/mol. The summed E-state index contributed by atoms with van der Waals surface area (Å²) >= 11 is 0. The zero-order chi connectivity index (χ0) is 16.8. The van der Waals surface area contributed by atoms with E-state index in [1.165, 1.54) is 0 Å². The van der Waals surface area contributed by atoms with Crippen LogP contribution in [0.3, 0.4) is 0 Å². The second kappa shape index (κ2) is 7.91. The molecule has 0 aliphatic carbocycles. The van der Waals surface area contributed by atoms with Crippen molar-refractivity contribution in [1.82, 2.24) is 10.4 Å². The minimum atomic E-state index is -0.907. The van der Waals surface area contributed by atoms with Gasteiger partial charge in [-0.05, 0) is 18.3 Å². The first-order valence-electron chi connectivity index (χ1n) is 7.52. The van der Waals surface area contributed by atoms with E-state index >= 15 is 0 Å². The van der Waals surface area contributed by atoms with Crippen LogP contribution in [0, 0.1) is 5.41 Å². The molecule has 0 aromatic rings. The van der Waals surface area contributed by atoms with Gasteiger partial charge in [0.25, 0.3) is 11.8 Å². The summed E-state index contributed by atoms with van der Waals surface area (Å²) in [7, 11) is 0. The lowest BCUT2D eigenvalue weighted by Gasteiger charge is -2.17. The average molecular weight is 312 g/mol. The number of unbranched alkanes of at least 4 members (excludes halogenated alkanes) is 1. The smallest absolute Gasteiger partial charge is 0.342 e. The Morgan fingerprint density at radius 3 is 2.27 bits per heavy atom. The van der Waals surface area contributed by atoms with Gasteiger partial charge in [-0.3, -0.25) is 14.4 Å². The van der Waals surface area contributed by atoms with Crippen LogP contribution >= 0.6 is 0 Å². The molecule has 1 N–H and O–H groups in total. The molecule has 0 unspecified atom stereocenters. The number of hydrogen-bond acceptors (Lipinski definition) is 5. The highest BCUT2D eigenvalue weighted by Crippen LogP contribution is 2.21. The van der Waals surface area contributed by atoms with Crippen molar-refractivity contribution in [3.05, 3.63) is 0 Å². The lowest BCUT2D eigenvalue weighted by atomic mass is 9.90. The number of nitrogens with zero attached hydrogens (tertiary/aromatic N) is 1. The summed E-state index contributed by atoms with van der Waals surface area (Å²) in [6.45, 7) is 6.96. The van der Waals surface area contributed by atoms with Crippen molar-refractivity contribution >= 4 is 23.7 Å². The minimum absolute atomic E-state index is 0.0338. The Hall–Kier alpha value is -1.92. The van der Waals surface area contributed by atoms with Gasteiger partial charge in [-0.25, -0.2) is 4.79 Å². The highest BCUT2D eigenvalue weighted by molar-refractivity contribution is 6.02. The van der Waals surface area contributed by atoms with E-state index in [-0.39, 0.29) is 18.3 Å². The monoisotopic (exact) mass is 312 g/mol. The van der Waals surface area contributed by atoms with Crippen molar-refractivity contribution in [3.63, 3.8) is 0 Å². The third-order valence-corrected chi connectivity index (χ3v) is 3.18. The number of carbonyl (C=O) groups is 4. The number of rotatable bonds is 7. The fourth-order valence-corrected chi connectivity index (χ4v) is 1.99. The SMILES string of the molecule is CC(C)(C)CCCCNC(=O)CC(=O)ON1C(=O)CCC1=O. The summed E-state index contributed by atoms with van der Waals surface area (Å²) in [5.74, 6) is -2.49. The fourth-order valence-electron chi connectivity index (χ4n) is 1.99. The molecule has 0 aromatic heterocycles. The van der Waals surface area contributed by atoms with Crippen molar-refractivity contribution in [2.45, 2.75) is 59.3 Å². The van der Waals surface area contributed by atoms with Gasteiger partial charge in [0.15, 0.2) is 0 Å². The van der Waals surface area contributed by atoms with Gasteiger partial charge in [0.1, 0.15) is 6.42 Å². The van der Waals surface area contributed by atoms with Gasteiger partial charge in [-0.2, -0.15) is 0 Å². The Labute approximate surface area is 130 Å². The molecular weight excluding hydrogens is 288 g/mol. The topological polar surface area (TPSA) is 92.8 Å². The van der Waals surface area contributed by atoms with Crippen molar-refractivity contribution in [2.24, 2.45) is 5.41 Å². The molecule has 7 nitrogen and oxygen atoms in total. The third-order valence-electron chi connectivity index (χ3n) is 3.18. The zero-order valence-corrected chi connectivity index (χ0v) is 13.4. The Bertz CT molecular complexity index is 437. The van der Waals surface area contributed by atoms with E-state index in [9.17, 15) is 19.2 Å². The maximum absolute atomic E-state index is 11.6. The maximum atomic E-state index is 11.6. The molecule has 0 aromatic carbocycles. The summed E-state index contributed by atoms with van der Waals surface area (Å²) in [5, 5.41) is 3.06. The van der Waals surface area contributed by atoms with E-state index < -0.39 is 30.1 Å². The summed E-state index contributed by atoms with van der Waals surface area (Å²) < 4.78 is 0. The molecule has 1 fully saturated rings. The summed E-state index contributed by atoms with van der Waals surface area (Å²) in [4.78, 5) is 50.2. The highest BCUT2D eigenvalue weighted by Gasteiger charge is 2.33. The normalized spacial score (nSPS) is 15.1. The Kier molecular flexibility index (Phi) is 6.52. The molecule has 1 heterocycles. The second-order valence-electron chi connectivity index (χ2n) is 6.59. The molecule has 1 rings (SSSR count). The Balaban J connectivity index is 2.18. The van der Waals surface area contributed by atoms with E-state index in [4.69, 9.17) is 0 Å². The molecule has 0 spiro atoms. The molecular formula is C15H24N2O5. The Morgan fingerprint density at radius 2 is 1.73 bits per heavy atom. The van der Waals surface area contributed by atoms with Crippen LogP contribution in [0.1, 0.15) is 59.3 Å². The van der Waals surface area contributed by atoms with Gasteiger partial charge in [-0.1, -0.05) is 27.2 Å². The van der Waals surface area contributed by atoms with E-state index in [1.54, 1.807) is 0 Å². The first kappa shape index (κ1) is 18.1. The van der Waals surface area contributed by atoms with Gasteiger partial charge < -0.3 is 10.2 Å². The van der Waals surface area contributed by atoms with Crippen LogP contribution in [0.2, 0.25) is 0 Å². The molecule has 0 bridgehead atoms. The number of hydrogen-bond donors (Lipinski definition) is 1. The fraction of sp³-hybridized carbons (Fsp3) is 0.733. The Morgan fingerprint density at radius 1 is 1.14 bits per heavy atom. The molecule has 0 radical (unpaired) electrons. The molecule has 22 heavy (non-hydrogen) atoms. The van der Waals surface area contributed by atoms with Crippen LogP contribution in [0.25, 0.3) is 0 Å². The number of hydroxylamine groups is 2. The maximum Gasteiger partial charge on any atom is 0.342 e. The van der Waals surface area contributed by atoms with E-state index in [0.29, 0.717) is 11.6 Å². The average Bonchev–Trinajstić information content (AvgIpc) is 2.68. The number of nitrogens with one attached hydrogen (secondary N) is 1. The van der Waals surface area contributed by atoms with E-state index in [0.717, 1.165) is 19.3 Å². The van der Waals surface area contributed by atoms with E-state index in [1.807, 2.05) is 0 Å². The molecule has 124 valence electrons. The molecule has 1 aliphatic rings. The summed E-state index contributed by atoms with van der Waals surface area (Å²) in [6.07, 6.45) is 2.45. The predicted octanol–water partition coefficient (Wildman–Crippen LogP) is 1.32. The first-order valence-corrected chi connectivity index (χ1v) is 7.52. The van der Waals surface area contributed by atoms with Crippen LogP contribution in [0.15, 0.2) is 0 Å². The van der Waals surface area contributed by atoms with Crippen LogP contribution in [-0.4, -0.2) is 35.3 Å². The van der Waals surface area contributed by atoms with Crippen molar-refractivity contribution < 1.29 is 24.0 Å². The van der Waals surface area contributed by atoms with Gasteiger partial charge in [0.05, 0.1) is 0 Å². The molecule has 1 aliphatic heterocycles. The largest absolute Gasteiger partial charge is 0.356 e. The molecule has 7 heteroatoms. The zero-order valence-electron chi connectivity index (χ0n) is 13.4. The number of amides is 3. The van der Waals surface area contributed by atoms with Crippen molar-refractivity contribution in [1.29, 1.82) is 0 Å². The number of carbonyl (C=O) groups excluding carboxylic acids is 4. The van der Waals surface area contributed by atoms with Crippen molar-refractivity contribution in [3.8, 4) is 0 Å². The van der Waals surface area contributed by atoms with E-state index in [2.05, 4.69) is 30.9 Å². The minimum Gasteiger partial charge on any atom is -0.356 e. The summed E-state index contributed by atoms with van der Waals surface area (Å²) in [6, 6.07) is 0. The van der Waals surface area contributed by atoms with Gasteiger partial charge in [-0.15, -0.1) is 5.06 Å². The molecule has 3 amide bonds. The lowest BCUT2D eigenvalue weighted by Crippen LogP contribution is -2.34. The summed E-state index contributed by atoms with van der Waals surface area (Å²) in [5.41, 5.74) is 0.266. The standard InChI is InChI=1S/C15H24N2O5/c1-15(2,3)8-4-5-9-16-11(18)10-14(21)22-17-12(19)6-7-13(17)20/h4-10H2,1-3H3,(H,16,18). The molecule has 0 saturated carbocycles. The van der Waals surface area contributed by atoms with Crippen LogP contribution in [0.4, 0.5) is 0 Å². The molecule has 1 saturated heterocycles. The third kappa shape index (κ3) is 6.69. The highest BCUT2D eigenvalue weighted by atomic mass is 16.7. The van der Waals surface area contributed by atoms with Crippen LogP contribution in [0.5, 0.6) is 0 Å². The second-order valence-corrected chi connectivity index (χ2v) is 6.59. The quantitative estimate of drug-likeness (QED) is 0.435. The van der Waals surface area contributed by atoms with Crippen LogP contribution in [-0.2, 0) is 24.0 Å². The number of imide groups is 1. The lowest BCUT2D eigenvalue weighted by molar-refractivity contribution is -0.197. The molecule has 0 atom stereocenters. The van der Waals surface area contributed by atoms with Gasteiger partial charge >= 0.3 is 5.97 Å². The van der Waals surface area contributed by atoms with Crippen molar-refractivity contribution in [2.75, 3.05) is 6.54 Å². The van der Waals surface area contributed by atoms with Crippen LogP contribution < -0.4 is 5.32 Å². The first-order chi connectivity index (χ1) is 10.2.